The van der Waals surface area contributed by atoms with Crippen molar-refractivity contribution in [3.05, 3.63) is 23.8 Å². The van der Waals surface area contributed by atoms with Crippen LogP contribution in [0.1, 0.15) is 18.9 Å². The molecular weight excluding hydrogens is 276 g/mol. The number of carbonyl (C=O) groups is 1. The number of nitrogens with one attached hydrogen (secondary N) is 1. The van der Waals surface area contributed by atoms with Gasteiger partial charge in [0.1, 0.15) is 10.7 Å². The summed E-state index contributed by atoms with van der Waals surface area (Å²) < 4.78 is 10.7. The van der Waals surface area contributed by atoms with Crippen LogP contribution in [-0.2, 0) is 9.53 Å². The maximum Gasteiger partial charge on any atom is 0.230 e. The van der Waals surface area contributed by atoms with Gasteiger partial charge in [0.15, 0.2) is 0 Å². The first-order chi connectivity index (χ1) is 9.52. The van der Waals surface area contributed by atoms with Crippen LogP contribution >= 0.6 is 12.2 Å². The van der Waals surface area contributed by atoms with Crippen molar-refractivity contribution in [2.24, 2.45) is 11.7 Å². The Hall–Kier alpha value is -1.66. The number of hydrogen-bond donors (Lipinski definition) is 2. The second-order valence-electron chi connectivity index (χ2n) is 4.74. The summed E-state index contributed by atoms with van der Waals surface area (Å²) in [5, 5.41) is 2.87. The van der Waals surface area contributed by atoms with Gasteiger partial charge in [0, 0.05) is 12.2 Å². The van der Waals surface area contributed by atoms with Crippen molar-refractivity contribution in [1.29, 1.82) is 0 Å². The molecule has 1 aromatic carbocycles. The van der Waals surface area contributed by atoms with E-state index in [1.807, 2.05) is 6.92 Å². The van der Waals surface area contributed by atoms with Gasteiger partial charge in [-0.05, 0) is 31.5 Å². The third-order valence-corrected chi connectivity index (χ3v) is 3.69. The highest BCUT2D eigenvalue weighted by Gasteiger charge is 2.31. The second-order valence-corrected chi connectivity index (χ2v) is 5.18. The average molecular weight is 294 g/mol. The van der Waals surface area contributed by atoms with Crippen molar-refractivity contribution in [1.82, 2.24) is 0 Å². The molecule has 0 aliphatic carbocycles. The number of hydrogen-bond acceptors (Lipinski definition) is 4. The highest BCUT2D eigenvalue weighted by atomic mass is 32.1. The highest BCUT2D eigenvalue weighted by molar-refractivity contribution is 7.80. The fourth-order valence-electron chi connectivity index (χ4n) is 2.25. The van der Waals surface area contributed by atoms with Gasteiger partial charge in [-0.15, -0.1) is 0 Å². The molecule has 2 rings (SSSR count). The predicted molar refractivity (Wildman–Crippen MR) is 81.0 cm³/mol. The summed E-state index contributed by atoms with van der Waals surface area (Å²) in [4.78, 5) is 12.5. The van der Waals surface area contributed by atoms with Gasteiger partial charge in [0.25, 0.3) is 0 Å². The summed E-state index contributed by atoms with van der Waals surface area (Å²) in [6, 6.07) is 5.22. The first kappa shape index (κ1) is 14.7. The number of ether oxygens (including phenoxy) is 2. The molecule has 3 N–H and O–H groups in total. The number of benzene rings is 1. The van der Waals surface area contributed by atoms with Crippen molar-refractivity contribution in [2.45, 2.75) is 19.4 Å². The van der Waals surface area contributed by atoms with Gasteiger partial charge in [-0.25, -0.2) is 0 Å². The Kier molecular flexibility index (Phi) is 4.57. The van der Waals surface area contributed by atoms with E-state index in [0.29, 0.717) is 28.6 Å². The van der Waals surface area contributed by atoms with Crippen LogP contribution < -0.4 is 15.8 Å². The van der Waals surface area contributed by atoms with Crippen LogP contribution in [0.25, 0.3) is 0 Å². The Morgan fingerprint density at radius 2 is 2.30 bits per heavy atom. The lowest BCUT2D eigenvalue weighted by Gasteiger charge is -2.16. The molecule has 2 unspecified atom stereocenters. The van der Waals surface area contributed by atoms with Crippen molar-refractivity contribution in [3.63, 3.8) is 0 Å². The van der Waals surface area contributed by atoms with E-state index >= 15 is 0 Å². The van der Waals surface area contributed by atoms with E-state index in [4.69, 9.17) is 27.4 Å². The molecule has 0 bridgehead atoms. The molecule has 1 saturated heterocycles. The van der Waals surface area contributed by atoms with E-state index in [1.54, 1.807) is 18.2 Å². The van der Waals surface area contributed by atoms with Crippen molar-refractivity contribution >= 4 is 28.8 Å². The van der Waals surface area contributed by atoms with E-state index in [-0.39, 0.29) is 17.9 Å². The van der Waals surface area contributed by atoms with Gasteiger partial charge in [-0.1, -0.05) is 12.2 Å². The zero-order chi connectivity index (χ0) is 14.7. The number of nitrogens with two attached hydrogens (primary N) is 1. The second kappa shape index (κ2) is 6.19. The standard InChI is InChI=1S/C14H18N2O3S/c1-8-10(5-6-19-8)14(17)16-11-4-3-9(13(15)20)7-12(11)18-2/h3-4,7-8,10H,5-6H2,1-2H3,(H2,15,20)(H,16,17). The fraction of sp³-hybridized carbons (Fsp3) is 0.429. The minimum atomic E-state index is -0.130. The van der Waals surface area contributed by atoms with Crippen LogP contribution in [0, 0.1) is 5.92 Å². The topological polar surface area (TPSA) is 73.6 Å². The lowest BCUT2D eigenvalue weighted by atomic mass is 10.0. The number of carbonyl (C=O) groups excluding carboxylic acids is 1. The number of rotatable bonds is 4. The largest absolute Gasteiger partial charge is 0.495 e. The Balaban J connectivity index is 2.16. The SMILES string of the molecule is COc1cc(C(N)=S)ccc1NC(=O)C1CCOC1C. The lowest BCUT2D eigenvalue weighted by Crippen LogP contribution is -2.28. The summed E-state index contributed by atoms with van der Waals surface area (Å²) in [5.74, 6) is 0.349. The van der Waals surface area contributed by atoms with Gasteiger partial charge >= 0.3 is 0 Å². The predicted octanol–water partition coefficient (Wildman–Crippen LogP) is 1.69. The van der Waals surface area contributed by atoms with Crippen molar-refractivity contribution < 1.29 is 14.3 Å². The normalized spacial score (nSPS) is 21.5. The monoisotopic (exact) mass is 294 g/mol. The molecule has 5 nitrogen and oxygen atoms in total. The van der Waals surface area contributed by atoms with Crippen LogP contribution in [0.4, 0.5) is 5.69 Å². The van der Waals surface area contributed by atoms with E-state index in [1.165, 1.54) is 7.11 Å². The fourth-order valence-corrected chi connectivity index (χ4v) is 2.38. The van der Waals surface area contributed by atoms with Gasteiger partial charge in [-0.2, -0.15) is 0 Å². The molecule has 1 aliphatic rings. The van der Waals surface area contributed by atoms with E-state index in [9.17, 15) is 4.79 Å². The molecule has 1 amide bonds. The first-order valence-corrected chi connectivity index (χ1v) is 6.84. The van der Waals surface area contributed by atoms with E-state index in [2.05, 4.69) is 5.32 Å². The van der Waals surface area contributed by atoms with Crippen LogP contribution in [-0.4, -0.2) is 30.7 Å². The highest BCUT2D eigenvalue weighted by Crippen LogP contribution is 2.28. The Morgan fingerprint density at radius 3 is 2.85 bits per heavy atom. The quantitative estimate of drug-likeness (QED) is 0.827. The molecule has 0 aromatic heterocycles. The zero-order valence-corrected chi connectivity index (χ0v) is 12.3. The molecule has 0 spiro atoms. The maximum absolute atomic E-state index is 12.2. The zero-order valence-electron chi connectivity index (χ0n) is 11.5. The summed E-state index contributed by atoms with van der Waals surface area (Å²) in [6.45, 7) is 2.53. The molecule has 0 radical (unpaired) electrons. The average Bonchev–Trinajstić information content (AvgIpc) is 2.85. The van der Waals surface area contributed by atoms with Gasteiger partial charge < -0.3 is 20.5 Å². The molecule has 2 atom stereocenters. The van der Waals surface area contributed by atoms with E-state index in [0.717, 1.165) is 6.42 Å². The molecule has 108 valence electrons. The molecule has 1 fully saturated rings. The van der Waals surface area contributed by atoms with Crippen molar-refractivity contribution in [3.8, 4) is 5.75 Å². The number of anilines is 1. The Labute approximate surface area is 123 Å². The van der Waals surface area contributed by atoms with Gasteiger partial charge in [0.2, 0.25) is 5.91 Å². The maximum atomic E-state index is 12.2. The molecule has 1 aromatic rings. The Bertz CT molecular complexity index is 533. The molecule has 1 heterocycles. The first-order valence-electron chi connectivity index (χ1n) is 6.43. The summed E-state index contributed by atoms with van der Waals surface area (Å²) in [7, 11) is 1.54. The van der Waals surface area contributed by atoms with Crippen molar-refractivity contribution in [2.75, 3.05) is 19.0 Å². The Morgan fingerprint density at radius 1 is 1.55 bits per heavy atom. The smallest absolute Gasteiger partial charge is 0.230 e. The van der Waals surface area contributed by atoms with E-state index < -0.39 is 0 Å². The van der Waals surface area contributed by atoms with Crippen LogP contribution in [0.5, 0.6) is 5.75 Å². The number of thiocarbonyl (C=S) groups is 1. The van der Waals surface area contributed by atoms with Crippen LogP contribution in [0.2, 0.25) is 0 Å². The molecule has 20 heavy (non-hydrogen) atoms. The summed E-state index contributed by atoms with van der Waals surface area (Å²) in [5.41, 5.74) is 6.89. The molecule has 1 aliphatic heterocycles. The third-order valence-electron chi connectivity index (χ3n) is 3.46. The number of amides is 1. The minimum absolute atomic E-state index is 0.0584. The van der Waals surface area contributed by atoms with Gasteiger partial charge in [-0.3, -0.25) is 4.79 Å². The molecule has 0 saturated carbocycles. The molecule has 6 heteroatoms. The summed E-state index contributed by atoms with van der Waals surface area (Å²) >= 11 is 4.92. The van der Waals surface area contributed by atoms with Gasteiger partial charge in [0.05, 0.1) is 24.8 Å². The number of methoxy groups -OCH3 is 1. The minimum Gasteiger partial charge on any atom is -0.495 e. The molecular formula is C14H18N2O3S. The third kappa shape index (κ3) is 3.08. The summed E-state index contributed by atoms with van der Waals surface area (Å²) in [6.07, 6.45) is 0.678. The lowest BCUT2D eigenvalue weighted by molar-refractivity contribution is -0.121. The van der Waals surface area contributed by atoms with Crippen LogP contribution in [0.15, 0.2) is 18.2 Å². The van der Waals surface area contributed by atoms with Crippen LogP contribution in [0.3, 0.4) is 0 Å².